The lowest BCUT2D eigenvalue weighted by Crippen LogP contribution is -2.50. The zero-order valence-electron chi connectivity index (χ0n) is 16.7. The van der Waals surface area contributed by atoms with Gasteiger partial charge in [-0.1, -0.05) is 94.4 Å². The molecule has 2 unspecified atom stereocenters. The molecule has 0 aromatic rings. The molecular weight excluding hydrogens is 252 g/mol. The van der Waals surface area contributed by atoms with Crippen molar-refractivity contribution in [1.29, 1.82) is 0 Å². The summed E-state index contributed by atoms with van der Waals surface area (Å²) in [5, 5.41) is 0. The average Bonchev–Trinajstić information content (AvgIpc) is 2.51. The molecule has 0 radical (unpaired) electrons. The van der Waals surface area contributed by atoms with Crippen molar-refractivity contribution in [2.75, 3.05) is 0 Å². The first kappa shape index (κ1) is 21.0. The monoisotopic (exact) mass is 296 g/mol. The van der Waals surface area contributed by atoms with Gasteiger partial charge in [0, 0.05) is 0 Å². The quantitative estimate of drug-likeness (QED) is 0.364. The van der Waals surface area contributed by atoms with Gasteiger partial charge in [0.1, 0.15) is 0 Å². The van der Waals surface area contributed by atoms with Crippen molar-refractivity contribution < 1.29 is 0 Å². The summed E-state index contributed by atoms with van der Waals surface area (Å²) in [6.45, 7) is 22.1. The van der Waals surface area contributed by atoms with E-state index in [2.05, 4.69) is 62.3 Å². The summed E-state index contributed by atoms with van der Waals surface area (Å²) in [5.74, 6) is 0.842. The molecule has 0 saturated carbocycles. The molecule has 0 aromatic carbocycles. The second-order valence-corrected chi connectivity index (χ2v) is 7.85. The lowest BCUT2D eigenvalue weighted by atomic mass is 9.47. The molecule has 0 heteroatoms. The van der Waals surface area contributed by atoms with Crippen LogP contribution in [0.4, 0.5) is 0 Å². The van der Waals surface area contributed by atoms with E-state index in [1.165, 1.54) is 51.4 Å². The molecule has 2 atom stereocenters. The van der Waals surface area contributed by atoms with Crippen LogP contribution in [-0.4, -0.2) is 0 Å². The molecule has 21 heavy (non-hydrogen) atoms. The van der Waals surface area contributed by atoms with E-state index < -0.39 is 0 Å². The van der Waals surface area contributed by atoms with Crippen LogP contribution in [0, 0.1) is 22.2 Å². The van der Waals surface area contributed by atoms with Crippen molar-refractivity contribution in [1.82, 2.24) is 0 Å². The van der Waals surface area contributed by atoms with E-state index >= 15 is 0 Å². The Bertz CT molecular complexity index is 270. The first-order valence-electron chi connectivity index (χ1n) is 9.81. The Labute approximate surface area is 136 Å². The zero-order valence-corrected chi connectivity index (χ0v) is 16.7. The van der Waals surface area contributed by atoms with Crippen molar-refractivity contribution in [2.45, 2.75) is 114 Å². The van der Waals surface area contributed by atoms with Crippen LogP contribution < -0.4 is 0 Å². The second-order valence-electron chi connectivity index (χ2n) is 7.85. The lowest BCUT2D eigenvalue weighted by Gasteiger charge is -2.58. The predicted octanol–water partition coefficient (Wildman–Crippen LogP) is 7.86. The van der Waals surface area contributed by atoms with Gasteiger partial charge >= 0.3 is 0 Å². The van der Waals surface area contributed by atoms with Crippen LogP contribution in [0.1, 0.15) is 114 Å². The molecule has 0 aliphatic rings. The third kappa shape index (κ3) is 3.67. The van der Waals surface area contributed by atoms with Gasteiger partial charge in [-0.3, -0.25) is 0 Å². The molecule has 128 valence electrons. The Morgan fingerprint density at radius 3 is 1.38 bits per heavy atom. The van der Waals surface area contributed by atoms with Crippen LogP contribution >= 0.6 is 0 Å². The van der Waals surface area contributed by atoms with E-state index in [9.17, 15) is 0 Å². The lowest BCUT2D eigenvalue weighted by molar-refractivity contribution is -0.0875. The Balaban J connectivity index is 6.00. The topological polar surface area (TPSA) is 0 Å². The predicted molar refractivity (Wildman–Crippen MR) is 98.8 cm³/mol. The van der Waals surface area contributed by atoms with Gasteiger partial charge in [0.05, 0.1) is 0 Å². The molecule has 0 fully saturated rings. The highest BCUT2D eigenvalue weighted by Crippen LogP contribution is 2.61. The van der Waals surface area contributed by atoms with E-state index in [0.717, 1.165) is 5.92 Å². The van der Waals surface area contributed by atoms with Gasteiger partial charge in [-0.25, -0.2) is 0 Å². The van der Waals surface area contributed by atoms with E-state index in [1.807, 2.05) is 0 Å². The minimum Gasteiger partial charge on any atom is -0.0654 e. The Hall–Kier alpha value is 0. The summed E-state index contributed by atoms with van der Waals surface area (Å²) in [6, 6.07) is 0. The Morgan fingerprint density at radius 2 is 1.14 bits per heavy atom. The second kappa shape index (κ2) is 8.59. The highest BCUT2D eigenvalue weighted by atomic mass is 14.6. The molecule has 0 N–H and O–H groups in total. The fourth-order valence-electron chi connectivity index (χ4n) is 5.69. The molecule has 0 aromatic heterocycles. The molecule has 0 heterocycles. The fourth-order valence-corrected chi connectivity index (χ4v) is 5.69. The van der Waals surface area contributed by atoms with Crippen molar-refractivity contribution in [2.24, 2.45) is 22.2 Å². The molecule has 0 amide bonds. The normalized spacial score (nSPS) is 17.6. The molecule has 0 bridgehead atoms. The fraction of sp³-hybridized carbons (Fsp3) is 1.00. The summed E-state index contributed by atoms with van der Waals surface area (Å²) in [5.41, 5.74) is 1.47. The third-order valence-electron chi connectivity index (χ3n) is 7.57. The summed E-state index contributed by atoms with van der Waals surface area (Å²) in [4.78, 5) is 0. The van der Waals surface area contributed by atoms with Crippen molar-refractivity contribution in [3.05, 3.63) is 0 Å². The molecule has 0 nitrogen and oxygen atoms in total. The summed E-state index contributed by atoms with van der Waals surface area (Å²) >= 11 is 0. The number of hydrogen-bond donors (Lipinski definition) is 0. The van der Waals surface area contributed by atoms with Crippen LogP contribution in [0.3, 0.4) is 0 Å². The zero-order chi connectivity index (χ0) is 16.7. The van der Waals surface area contributed by atoms with Gasteiger partial charge in [0.15, 0.2) is 0 Å². The minimum absolute atomic E-state index is 0.474. The molecular formula is C21H44. The van der Waals surface area contributed by atoms with E-state index in [1.54, 1.807) is 0 Å². The molecule has 0 rings (SSSR count). The number of hydrogen-bond acceptors (Lipinski definition) is 0. The minimum atomic E-state index is 0.474. The van der Waals surface area contributed by atoms with Crippen LogP contribution in [0.15, 0.2) is 0 Å². The van der Waals surface area contributed by atoms with Crippen LogP contribution in [0.2, 0.25) is 0 Å². The standard InChI is InChI=1S/C21H44/c1-10-17-19(8,12-3)18(11-2)21(15-6,16-7)20(9,13-4)14-5/h18H,10-17H2,1-9H3. The Morgan fingerprint density at radius 1 is 0.667 bits per heavy atom. The maximum absolute atomic E-state index is 2.58. The van der Waals surface area contributed by atoms with Gasteiger partial charge in [0.2, 0.25) is 0 Å². The first-order chi connectivity index (χ1) is 9.81. The average molecular weight is 297 g/mol. The van der Waals surface area contributed by atoms with Crippen molar-refractivity contribution >= 4 is 0 Å². The Kier molecular flexibility index (Phi) is 8.59. The maximum Gasteiger partial charge on any atom is -0.0216 e. The summed E-state index contributed by atoms with van der Waals surface area (Å²) in [6.07, 6.45) is 10.7. The summed E-state index contributed by atoms with van der Waals surface area (Å²) < 4.78 is 0. The van der Waals surface area contributed by atoms with Crippen molar-refractivity contribution in [3.63, 3.8) is 0 Å². The van der Waals surface area contributed by atoms with Crippen LogP contribution in [0.25, 0.3) is 0 Å². The highest BCUT2D eigenvalue weighted by Gasteiger charge is 2.52. The highest BCUT2D eigenvalue weighted by molar-refractivity contribution is 5.01. The van der Waals surface area contributed by atoms with E-state index in [4.69, 9.17) is 0 Å². The van der Waals surface area contributed by atoms with E-state index in [0.29, 0.717) is 16.2 Å². The molecule has 0 spiro atoms. The van der Waals surface area contributed by atoms with Crippen LogP contribution in [-0.2, 0) is 0 Å². The van der Waals surface area contributed by atoms with Gasteiger partial charge < -0.3 is 0 Å². The first-order valence-corrected chi connectivity index (χ1v) is 9.81. The van der Waals surface area contributed by atoms with E-state index in [-0.39, 0.29) is 0 Å². The largest absolute Gasteiger partial charge is 0.0654 e. The van der Waals surface area contributed by atoms with Gasteiger partial charge in [0.25, 0.3) is 0 Å². The molecule has 0 aliphatic carbocycles. The van der Waals surface area contributed by atoms with Gasteiger partial charge in [-0.15, -0.1) is 0 Å². The van der Waals surface area contributed by atoms with Crippen molar-refractivity contribution in [3.8, 4) is 0 Å². The van der Waals surface area contributed by atoms with Gasteiger partial charge in [-0.05, 0) is 41.4 Å². The third-order valence-corrected chi connectivity index (χ3v) is 7.57. The smallest absolute Gasteiger partial charge is 0.0216 e. The molecule has 0 saturated heterocycles. The number of rotatable bonds is 11. The van der Waals surface area contributed by atoms with Gasteiger partial charge in [-0.2, -0.15) is 0 Å². The SMILES string of the molecule is CCCC(C)(CC)C(CC)C(CC)(CC)C(C)(CC)CC. The van der Waals surface area contributed by atoms with Crippen LogP contribution in [0.5, 0.6) is 0 Å². The molecule has 0 aliphatic heterocycles. The summed E-state index contributed by atoms with van der Waals surface area (Å²) in [7, 11) is 0. The maximum atomic E-state index is 2.58.